The number of hydrogen-bond donors (Lipinski definition) is 9. The fraction of sp³-hybridized carbons (Fsp3) is 0.636. The van der Waals surface area contributed by atoms with Crippen molar-refractivity contribution in [2.45, 2.75) is 109 Å². The summed E-state index contributed by atoms with van der Waals surface area (Å²) in [5.74, 6) is -2.52. The van der Waals surface area contributed by atoms with Gasteiger partial charge >= 0.3 is 0 Å². The van der Waals surface area contributed by atoms with Crippen molar-refractivity contribution >= 4 is 35.5 Å². The molecule has 13 N–H and O–H groups in total. The number of aliphatic imine (C=N–C) groups is 1. The van der Waals surface area contributed by atoms with Gasteiger partial charge in [0.1, 0.15) is 24.2 Å². The SMILES string of the molecule is CC(C)[C@H]1NC(=O)[C@H](N=C(N)N)CCCCNC(=O)[C@H](CCCCN)NC(=O)[C@H](CCCCN)NC(=O)Cc2cccc(c2)CNC1=O. The number of hydrogen-bond acceptors (Lipinski definition) is 8. The Kier molecular flexibility index (Phi) is 18.0. The lowest BCUT2D eigenvalue weighted by Crippen LogP contribution is -2.54. The van der Waals surface area contributed by atoms with Gasteiger partial charge in [0.25, 0.3) is 0 Å². The monoisotopic (exact) mass is 672 g/mol. The van der Waals surface area contributed by atoms with E-state index in [2.05, 4.69) is 31.6 Å². The Morgan fingerprint density at radius 2 is 1.44 bits per heavy atom. The molecule has 0 radical (unpaired) electrons. The molecule has 0 saturated carbocycles. The molecule has 0 aliphatic carbocycles. The summed E-state index contributed by atoms with van der Waals surface area (Å²) in [6.45, 7) is 4.99. The molecule has 15 nitrogen and oxygen atoms in total. The number of carbonyl (C=O) groups excluding carboxylic acids is 5. The highest BCUT2D eigenvalue weighted by atomic mass is 16.2. The summed E-state index contributed by atoms with van der Waals surface area (Å²) in [6.07, 6.45) is 4.61. The minimum Gasteiger partial charge on any atom is -0.370 e. The van der Waals surface area contributed by atoms with Crippen molar-refractivity contribution in [1.82, 2.24) is 26.6 Å². The minimum atomic E-state index is -0.928. The number of nitrogens with zero attached hydrogens (tertiary/aromatic N) is 1. The summed E-state index contributed by atoms with van der Waals surface area (Å²) < 4.78 is 0. The Morgan fingerprint density at radius 1 is 0.792 bits per heavy atom. The second kappa shape index (κ2) is 21.6. The van der Waals surface area contributed by atoms with Crippen LogP contribution in [0.15, 0.2) is 29.3 Å². The van der Waals surface area contributed by atoms with Crippen LogP contribution in [0.2, 0.25) is 0 Å². The van der Waals surface area contributed by atoms with Crippen LogP contribution < -0.4 is 49.5 Å². The highest BCUT2D eigenvalue weighted by Gasteiger charge is 2.29. The number of nitrogens with two attached hydrogens (primary N) is 4. The molecule has 268 valence electrons. The number of benzene rings is 1. The lowest BCUT2D eigenvalue weighted by Gasteiger charge is -2.24. The first-order valence-electron chi connectivity index (χ1n) is 17.0. The average Bonchev–Trinajstić information content (AvgIpc) is 3.03. The molecule has 48 heavy (non-hydrogen) atoms. The van der Waals surface area contributed by atoms with E-state index in [1.54, 1.807) is 18.2 Å². The van der Waals surface area contributed by atoms with Crippen LogP contribution in [-0.2, 0) is 36.9 Å². The van der Waals surface area contributed by atoms with E-state index >= 15 is 0 Å². The highest BCUT2D eigenvalue weighted by Crippen LogP contribution is 2.12. The summed E-state index contributed by atoms with van der Waals surface area (Å²) in [4.78, 5) is 70.4. The third-order valence-corrected chi connectivity index (χ3v) is 8.06. The van der Waals surface area contributed by atoms with Crippen molar-refractivity contribution in [3.05, 3.63) is 35.4 Å². The van der Waals surface area contributed by atoms with E-state index in [1.165, 1.54) is 0 Å². The maximum absolute atomic E-state index is 13.5. The lowest BCUT2D eigenvalue weighted by molar-refractivity contribution is -0.132. The Balaban J connectivity index is 2.37. The Labute approximate surface area is 283 Å². The number of guanidine groups is 1. The van der Waals surface area contributed by atoms with Crippen LogP contribution in [0.3, 0.4) is 0 Å². The number of unbranched alkanes of at least 4 members (excludes halogenated alkanes) is 2. The quantitative estimate of drug-likeness (QED) is 0.0851. The normalized spacial score (nSPS) is 22.5. The van der Waals surface area contributed by atoms with Gasteiger partial charge in [-0.1, -0.05) is 38.1 Å². The third-order valence-electron chi connectivity index (χ3n) is 8.06. The molecule has 1 aromatic rings. The molecule has 5 amide bonds. The van der Waals surface area contributed by atoms with Gasteiger partial charge in [0.05, 0.1) is 6.42 Å². The maximum Gasteiger partial charge on any atom is 0.245 e. The van der Waals surface area contributed by atoms with Gasteiger partial charge in [-0.05, 0) is 87.9 Å². The van der Waals surface area contributed by atoms with E-state index in [4.69, 9.17) is 22.9 Å². The topological polar surface area (TPSA) is 262 Å². The summed E-state index contributed by atoms with van der Waals surface area (Å²) in [5, 5.41) is 14.2. The van der Waals surface area contributed by atoms with Crippen LogP contribution in [0, 0.1) is 5.92 Å². The summed E-state index contributed by atoms with van der Waals surface area (Å²) in [5.41, 5.74) is 24.0. The van der Waals surface area contributed by atoms with Gasteiger partial charge in [-0.15, -0.1) is 0 Å². The summed E-state index contributed by atoms with van der Waals surface area (Å²) >= 11 is 0. The van der Waals surface area contributed by atoms with Crippen LogP contribution in [0.25, 0.3) is 0 Å². The number of fused-ring (bicyclic) bond motifs is 2. The zero-order valence-electron chi connectivity index (χ0n) is 28.4. The smallest absolute Gasteiger partial charge is 0.245 e. The number of rotatable bonds is 10. The van der Waals surface area contributed by atoms with Crippen molar-refractivity contribution in [1.29, 1.82) is 0 Å². The first kappa shape index (κ1) is 39.9. The first-order valence-corrected chi connectivity index (χ1v) is 17.0. The second-order valence-electron chi connectivity index (χ2n) is 12.6. The van der Waals surface area contributed by atoms with Gasteiger partial charge in [0.15, 0.2) is 5.96 Å². The lowest BCUT2D eigenvalue weighted by atomic mass is 10.0. The fourth-order valence-corrected chi connectivity index (χ4v) is 5.39. The fourth-order valence-electron chi connectivity index (χ4n) is 5.39. The van der Waals surface area contributed by atoms with E-state index in [9.17, 15) is 24.0 Å². The Hall–Kier alpha value is -4.24. The van der Waals surface area contributed by atoms with Crippen LogP contribution >= 0.6 is 0 Å². The Bertz CT molecular complexity index is 1240. The predicted octanol–water partition coefficient (Wildman–Crippen LogP) is -0.844. The summed E-state index contributed by atoms with van der Waals surface area (Å²) in [7, 11) is 0. The van der Waals surface area contributed by atoms with Gasteiger partial charge in [-0.25, -0.2) is 4.99 Å². The molecule has 1 aromatic carbocycles. The third kappa shape index (κ3) is 14.7. The maximum atomic E-state index is 13.5. The molecule has 0 fully saturated rings. The van der Waals surface area contributed by atoms with Gasteiger partial charge < -0.3 is 49.5 Å². The standard InChI is InChI=1S/C33H56N10O5/c1-21(2)28-32(48)39-20-23-11-9-10-22(18-23)19-27(44)40-25(13-4-7-16-35)30(46)41-24(12-3-6-15-34)29(45)38-17-8-5-14-26(31(47)43-28)42-33(36)37/h9-11,18,21,24-26,28H,3-8,12-17,19-20,34-35H2,1-2H3,(H,38,45)(H,39,48)(H,40,44)(H,41,46)(H,43,47)(H4,36,37,42)/t24-,25-,26+,28+/m0/s1. The molecule has 0 spiro atoms. The molecule has 2 rings (SSSR count). The average molecular weight is 673 g/mol. The molecule has 1 heterocycles. The van der Waals surface area contributed by atoms with Crippen LogP contribution in [0.4, 0.5) is 0 Å². The zero-order valence-corrected chi connectivity index (χ0v) is 28.4. The molecule has 0 aromatic heterocycles. The molecule has 2 bridgehead atoms. The molecule has 1 aliphatic heterocycles. The molecule has 0 unspecified atom stereocenters. The minimum absolute atomic E-state index is 0.000271. The molecule has 4 atom stereocenters. The van der Waals surface area contributed by atoms with Crippen LogP contribution in [0.5, 0.6) is 0 Å². The second-order valence-corrected chi connectivity index (χ2v) is 12.6. The van der Waals surface area contributed by atoms with E-state index in [0.717, 1.165) is 5.56 Å². The zero-order chi connectivity index (χ0) is 35.5. The van der Waals surface area contributed by atoms with Crippen molar-refractivity contribution in [3.63, 3.8) is 0 Å². The van der Waals surface area contributed by atoms with Gasteiger partial charge in [0, 0.05) is 13.1 Å². The first-order chi connectivity index (χ1) is 22.9. The van der Waals surface area contributed by atoms with Crippen LogP contribution in [-0.4, -0.2) is 79.3 Å². The summed E-state index contributed by atoms with van der Waals surface area (Å²) in [6, 6.07) is 3.73. The van der Waals surface area contributed by atoms with Crippen molar-refractivity contribution in [3.8, 4) is 0 Å². The van der Waals surface area contributed by atoms with E-state index in [-0.39, 0.29) is 55.5 Å². The number of carbonyl (C=O) groups is 5. The van der Waals surface area contributed by atoms with E-state index < -0.39 is 36.0 Å². The van der Waals surface area contributed by atoms with Crippen molar-refractivity contribution in [2.75, 3.05) is 19.6 Å². The molecular weight excluding hydrogens is 616 g/mol. The largest absolute Gasteiger partial charge is 0.370 e. The predicted molar refractivity (Wildman–Crippen MR) is 185 cm³/mol. The Morgan fingerprint density at radius 3 is 2.06 bits per heavy atom. The highest BCUT2D eigenvalue weighted by molar-refractivity contribution is 5.93. The van der Waals surface area contributed by atoms with Gasteiger partial charge in [-0.3, -0.25) is 24.0 Å². The molecule has 15 heteroatoms. The van der Waals surface area contributed by atoms with Gasteiger partial charge in [0.2, 0.25) is 29.5 Å². The molecular formula is C33H56N10O5. The van der Waals surface area contributed by atoms with Gasteiger partial charge in [-0.2, -0.15) is 0 Å². The van der Waals surface area contributed by atoms with Crippen molar-refractivity contribution in [2.24, 2.45) is 33.8 Å². The van der Waals surface area contributed by atoms with Crippen LogP contribution in [0.1, 0.15) is 82.8 Å². The number of nitrogens with one attached hydrogen (secondary N) is 5. The van der Waals surface area contributed by atoms with Crippen molar-refractivity contribution < 1.29 is 24.0 Å². The molecule has 1 aliphatic rings. The van der Waals surface area contributed by atoms with E-state index in [0.29, 0.717) is 70.0 Å². The molecule has 0 saturated heterocycles. The number of amides is 5. The van der Waals surface area contributed by atoms with E-state index in [1.807, 2.05) is 19.9 Å².